The van der Waals surface area contributed by atoms with Crippen molar-refractivity contribution < 1.29 is 23.8 Å². The fourth-order valence-corrected chi connectivity index (χ4v) is 3.30. The topological polar surface area (TPSA) is 78.9 Å². The summed E-state index contributed by atoms with van der Waals surface area (Å²) in [6, 6.07) is 7.92. The van der Waals surface area contributed by atoms with E-state index in [2.05, 4.69) is 5.32 Å². The number of hydrogen-bond acceptors (Lipinski definition) is 4. The van der Waals surface area contributed by atoms with Gasteiger partial charge in [0, 0.05) is 24.4 Å². The molecule has 2 amide bonds. The summed E-state index contributed by atoms with van der Waals surface area (Å²) < 4.78 is 18.6. The van der Waals surface area contributed by atoms with Gasteiger partial charge >= 0.3 is 6.03 Å². The van der Waals surface area contributed by atoms with Gasteiger partial charge in [-0.3, -0.25) is 9.69 Å². The zero-order valence-corrected chi connectivity index (χ0v) is 16.4. The second-order valence-corrected chi connectivity index (χ2v) is 6.97. The summed E-state index contributed by atoms with van der Waals surface area (Å²) in [6.07, 6.45) is 2.85. The Morgan fingerprint density at radius 3 is 2.76 bits per heavy atom. The number of ether oxygens (including phenoxy) is 1. The number of halogens is 2. The van der Waals surface area contributed by atoms with Crippen LogP contribution in [0.4, 0.5) is 14.9 Å². The van der Waals surface area contributed by atoms with Crippen molar-refractivity contribution in [2.45, 2.75) is 19.4 Å². The van der Waals surface area contributed by atoms with E-state index in [0.29, 0.717) is 22.0 Å². The molecule has 29 heavy (non-hydrogen) atoms. The first-order valence-electron chi connectivity index (χ1n) is 8.98. The molecule has 0 radical (unpaired) electrons. The fraction of sp³-hybridized carbons (Fsp3) is 0.238. The molecule has 0 unspecified atom stereocenters. The smallest absolute Gasteiger partial charge is 0.326 e. The van der Waals surface area contributed by atoms with Gasteiger partial charge in [0.1, 0.15) is 18.2 Å². The third-order valence-electron chi connectivity index (χ3n) is 4.51. The maximum Gasteiger partial charge on any atom is 0.326 e. The molecule has 1 aliphatic rings. The minimum absolute atomic E-state index is 0.0692. The van der Waals surface area contributed by atoms with Crippen LogP contribution in [0.1, 0.15) is 23.6 Å². The zero-order chi connectivity index (χ0) is 21.0. The van der Waals surface area contributed by atoms with Gasteiger partial charge in [-0.1, -0.05) is 23.7 Å². The maximum absolute atomic E-state index is 13.3. The van der Waals surface area contributed by atoms with Crippen LogP contribution < -0.4 is 10.1 Å². The number of carbonyl (C=O) groups is 2. The molecule has 3 rings (SSSR count). The first kappa shape index (κ1) is 20.8. The number of hydrogen-bond donors (Lipinski definition) is 2. The van der Waals surface area contributed by atoms with Crippen molar-refractivity contribution in [3.63, 3.8) is 0 Å². The Bertz CT molecular complexity index is 946. The van der Waals surface area contributed by atoms with Crippen LogP contribution in [0, 0.1) is 12.7 Å². The van der Waals surface area contributed by atoms with Crippen LogP contribution in [-0.2, 0) is 4.79 Å². The highest BCUT2D eigenvalue weighted by atomic mass is 35.5. The lowest BCUT2D eigenvalue weighted by Gasteiger charge is -2.31. The standard InChI is InChI=1S/C21H20ClFN2O4/c1-13-10-17(22)20(29-9-8-26)12-18(13)24-21(28)25-7-6-16(27)11-19(25)14-2-4-15(23)5-3-14/h2-7,10,12,19,26H,8-9,11H2,1H3,(H,24,28)/t19-/m0/s1. The quantitative estimate of drug-likeness (QED) is 0.762. The summed E-state index contributed by atoms with van der Waals surface area (Å²) in [5.74, 6) is -0.179. The molecule has 152 valence electrons. The van der Waals surface area contributed by atoms with Crippen molar-refractivity contribution in [3.05, 3.63) is 70.6 Å². The lowest BCUT2D eigenvalue weighted by atomic mass is 9.97. The van der Waals surface area contributed by atoms with E-state index in [1.165, 1.54) is 29.3 Å². The van der Waals surface area contributed by atoms with Gasteiger partial charge < -0.3 is 15.2 Å². The molecule has 0 aliphatic carbocycles. The number of anilines is 1. The Hall–Kier alpha value is -2.90. The predicted molar refractivity (Wildman–Crippen MR) is 108 cm³/mol. The summed E-state index contributed by atoms with van der Waals surface area (Å²) in [6.45, 7) is 1.68. The third-order valence-corrected chi connectivity index (χ3v) is 4.81. The Balaban J connectivity index is 1.85. The van der Waals surface area contributed by atoms with Gasteiger partial charge in [0.2, 0.25) is 0 Å². The lowest BCUT2D eigenvalue weighted by Crippen LogP contribution is -2.37. The Morgan fingerprint density at radius 2 is 2.07 bits per heavy atom. The van der Waals surface area contributed by atoms with Gasteiger partial charge in [-0.15, -0.1) is 0 Å². The van der Waals surface area contributed by atoms with Crippen molar-refractivity contribution >= 4 is 29.1 Å². The number of rotatable bonds is 5. The number of ketones is 1. The highest BCUT2D eigenvalue weighted by molar-refractivity contribution is 6.32. The summed E-state index contributed by atoms with van der Waals surface area (Å²) in [7, 11) is 0. The number of carbonyl (C=O) groups excluding carboxylic acids is 2. The molecular weight excluding hydrogens is 399 g/mol. The van der Waals surface area contributed by atoms with Gasteiger partial charge in [0.05, 0.1) is 17.7 Å². The number of nitrogens with zero attached hydrogens (tertiary/aromatic N) is 1. The van der Waals surface area contributed by atoms with Gasteiger partial charge in [0.25, 0.3) is 0 Å². The number of allylic oxidation sites excluding steroid dienone is 1. The van der Waals surface area contributed by atoms with Crippen LogP contribution in [0.15, 0.2) is 48.7 Å². The highest BCUT2D eigenvalue weighted by Crippen LogP contribution is 2.33. The van der Waals surface area contributed by atoms with E-state index in [9.17, 15) is 14.0 Å². The van der Waals surface area contributed by atoms with Crippen molar-refractivity contribution in [1.29, 1.82) is 0 Å². The van der Waals surface area contributed by atoms with Gasteiger partial charge in [-0.2, -0.15) is 0 Å². The monoisotopic (exact) mass is 418 g/mol. The van der Waals surface area contributed by atoms with Crippen molar-refractivity contribution in [1.82, 2.24) is 4.90 Å². The van der Waals surface area contributed by atoms with Crippen molar-refractivity contribution in [3.8, 4) is 5.75 Å². The highest BCUT2D eigenvalue weighted by Gasteiger charge is 2.29. The minimum Gasteiger partial charge on any atom is -0.490 e. The van der Waals surface area contributed by atoms with Gasteiger partial charge in [-0.25, -0.2) is 9.18 Å². The molecule has 1 heterocycles. The number of aliphatic hydroxyl groups is 1. The molecule has 1 aliphatic heterocycles. The number of amides is 2. The van der Waals surface area contributed by atoms with Crippen LogP contribution in [0.5, 0.6) is 5.75 Å². The average Bonchev–Trinajstić information content (AvgIpc) is 2.69. The van der Waals surface area contributed by atoms with Crippen molar-refractivity contribution in [2.24, 2.45) is 0 Å². The molecule has 0 fully saturated rings. The summed E-state index contributed by atoms with van der Waals surface area (Å²) in [4.78, 5) is 26.3. The summed E-state index contributed by atoms with van der Waals surface area (Å²) in [5, 5.41) is 12.1. The molecule has 2 N–H and O–H groups in total. The molecule has 0 saturated carbocycles. The molecule has 8 heteroatoms. The average molecular weight is 419 g/mol. The molecule has 1 atom stereocenters. The molecule has 0 spiro atoms. The molecule has 2 aromatic rings. The van der Waals surface area contributed by atoms with E-state index in [1.54, 1.807) is 31.2 Å². The van der Waals surface area contributed by atoms with E-state index in [-0.39, 0.29) is 25.4 Å². The number of aliphatic hydroxyl groups excluding tert-OH is 1. The Labute approximate surface area is 172 Å². The number of nitrogens with one attached hydrogen (secondary N) is 1. The third kappa shape index (κ3) is 4.93. The van der Waals surface area contributed by atoms with Gasteiger partial charge in [0.15, 0.2) is 5.78 Å². The van der Waals surface area contributed by atoms with Crippen LogP contribution in [0.25, 0.3) is 0 Å². The Morgan fingerprint density at radius 1 is 1.34 bits per heavy atom. The minimum atomic E-state index is -0.550. The van der Waals surface area contributed by atoms with Gasteiger partial charge in [-0.05, 0) is 42.3 Å². The van der Waals surface area contributed by atoms with E-state index >= 15 is 0 Å². The molecule has 0 aromatic heterocycles. The number of benzene rings is 2. The van der Waals surface area contributed by atoms with E-state index in [4.69, 9.17) is 21.4 Å². The van der Waals surface area contributed by atoms with Crippen molar-refractivity contribution in [2.75, 3.05) is 18.5 Å². The first-order valence-corrected chi connectivity index (χ1v) is 9.36. The normalized spacial score (nSPS) is 16.1. The fourth-order valence-electron chi connectivity index (χ4n) is 3.03. The zero-order valence-electron chi connectivity index (χ0n) is 15.7. The maximum atomic E-state index is 13.3. The van der Waals surface area contributed by atoms with Crippen LogP contribution in [-0.4, -0.2) is 35.0 Å². The second-order valence-electron chi connectivity index (χ2n) is 6.56. The predicted octanol–water partition coefficient (Wildman–Crippen LogP) is 4.22. The molecule has 0 bridgehead atoms. The molecular formula is C21H20ClFN2O4. The molecule has 0 saturated heterocycles. The number of urea groups is 1. The van der Waals surface area contributed by atoms with E-state index < -0.39 is 17.9 Å². The second kappa shape index (κ2) is 9.07. The SMILES string of the molecule is Cc1cc(Cl)c(OCCO)cc1NC(=O)N1C=CC(=O)C[C@H]1c1ccc(F)cc1. The summed E-state index contributed by atoms with van der Waals surface area (Å²) in [5.41, 5.74) is 1.85. The molecule has 6 nitrogen and oxygen atoms in total. The van der Waals surface area contributed by atoms with E-state index in [1.807, 2.05) is 0 Å². The molecule has 2 aromatic carbocycles. The lowest BCUT2D eigenvalue weighted by molar-refractivity contribution is -0.116. The van der Waals surface area contributed by atoms with Crippen LogP contribution >= 0.6 is 11.6 Å². The van der Waals surface area contributed by atoms with Crippen LogP contribution in [0.3, 0.4) is 0 Å². The van der Waals surface area contributed by atoms with E-state index in [0.717, 1.165) is 5.56 Å². The summed E-state index contributed by atoms with van der Waals surface area (Å²) >= 11 is 6.15. The number of aryl methyl sites for hydroxylation is 1. The Kier molecular flexibility index (Phi) is 6.51. The largest absolute Gasteiger partial charge is 0.490 e. The first-order chi connectivity index (χ1) is 13.9. The van der Waals surface area contributed by atoms with Crippen LogP contribution in [0.2, 0.25) is 5.02 Å².